The number of esters is 1. The lowest BCUT2D eigenvalue weighted by molar-refractivity contribution is 0.0600. The minimum absolute atomic E-state index is 0.251. The zero-order valence-corrected chi connectivity index (χ0v) is 11.3. The van der Waals surface area contributed by atoms with Gasteiger partial charge in [0.1, 0.15) is 5.76 Å². The molecule has 1 aromatic heterocycles. The third-order valence-corrected chi connectivity index (χ3v) is 2.86. The normalized spacial score (nSPS) is 11.7. The number of benzene rings is 1. The number of amides is 1. The highest BCUT2D eigenvalue weighted by Gasteiger charge is 2.15. The fourth-order valence-electron chi connectivity index (χ4n) is 1.79. The van der Waals surface area contributed by atoms with Gasteiger partial charge in [0, 0.05) is 5.56 Å². The first kappa shape index (κ1) is 13.9. The average Bonchev–Trinajstić information content (AvgIpc) is 3.00. The maximum absolute atomic E-state index is 12.1. The Morgan fingerprint density at radius 1 is 1.20 bits per heavy atom. The van der Waals surface area contributed by atoms with E-state index in [2.05, 4.69) is 10.1 Å². The SMILES string of the molecule is COC(=O)c1cccc(C(=O)N[C@@H](C)c2ccco2)c1. The summed E-state index contributed by atoms with van der Waals surface area (Å²) in [7, 11) is 1.30. The lowest BCUT2D eigenvalue weighted by Gasteiger charge is -2.11. The quantitative estimate of drug-likeness (QED) is 0.869. The van der Waals surface area contributed by atoms with Crippen molar-refractivity contribution in [1.82, 2.24) is 5.32 Å². The Balaban J connectivity index is 2.11. The molecule has 0 saturated heterocycles. The van der Waals surface area contributed by atoms with Crippen molar-refractivity contribution in [3.8, 4) is 0 Å². The van der Waals surface area contributed by atoms with Gasteiger partial charge in [-0.3, -0.25) is 4.79 Å². The number of carbonyl (C=O) groups is 2. The van der Waals surface area contributed by atoms with E-state index in [1.165, 1.54) is 13.2 Å². The van der Waals surface area contributed by atoms with Crippen molar-refractivity contribution in [3.05, 3.63) is 59.5 Å². The van der Waals surface area contributed by atoms with Crippen molar-refractivity contribution in [2.24, 2.45) is 0 Å². The van der Waals surface area contributed by atoms with Crippen LogP contribution >= 0.6 is 0 Å². The summed E-state index contributed by atoms with van der Waals surface area (Å²) in [6.45, 7) is 1.82. The number of methoxy groups -OCH3 is 1. The molecule has 5 nitrogen and oxygen atoms in total. The Kier molecular flexibility index (Phi) is 4.20. The van der Waals surface area contributed by atoms with Crippen molar-refractivity contribution in [2.75, 3.05) is 7.11 Å². The van der Waals surface area contributed by atoms with Crippen LogP contribution in [0.5, 0.6) is 0 Å². The van der Waals surface area contributed by atoms with Gasteiger partial charge in [0.25, 0.3) is 5.91 Å². The zero-order chi connectivity index (χ0) is 14.5. The molecule has 0 fully saturated rings. The molecular formula is C15H15NO4. The minimum atomic E-state index is -0.473. The fraction of sp³-hybridized carbons (Fsp3) is 0.200. The Labute approximate surface area is 116 Å². The maximum atomic E-state index is 12.1. The van der Waals surface area contributed by atoms with Crippen LogP contribution < -0.4 is 5.32 Å². The van der Waals surface area contributed by atoms with Gasteiger partial charge >= 0.3 is 5.97 Å². The van der Waals surface area contributed by atoms with Crippen LogP contribution in [0.15, 0.2) is 47.1 Å². The van der Waals surface area contributed by atoms with Crippen LogP contribution in [0.2, 0.25) is 0 Å². The third kappa shape index (κ3) is 3.06. The predicted octanol–water partition coefficient (Wildman–Crippen LogP) is 2.56. The monoisotopic (exact) mass is 273 g/mol. The molecule has 104 valence electrons. The topological polar surface area (TPSA) is 68.5 Å². The summed E-state index contributed by atoms with van der Waals surface area (Å²) in [5.41, 5.74) is 0.733. The smallest absolute Gasteiger partial charge is 0.337 e. The summed E-state index contributed by atoms with van der Waals surface area (Å²) in [6.07, 6.45) is 1.55. The largest absolute Gasteiger partial charge is 0.467 e. The van der Waals surface area contributed by atoms with E-state index in [0.717, 1.165) is 0 Å². The number of nitrogens with one attached hydrogen (secondary N) is 1. The number of ether oxygens (including phenoxy) is 1. The predicted molar refractivity (Wildman–Crippen MR) is 72.4 cm³/mol. The molecule has 1 N–H and O–H groups in total. The summed E-state index contributed by atoms with van der Waals surface area (Å²) in [4.78, 5) is 23.5. The maximum Gasteiger partial charge on any atom is 0.337 e. The molecule has 0 aliphatic rings. The highest BCUT2D eigenvalue weighted by Crippen LogP contribution is 2.14. The van der Waals surface area contributed by atoms with E-state index in [0.29, 0.717) is 16.9 Å². The summed E-state index contributed by atoms with van der Waals surface area (Å²) < 4.78 is 9.85. The first-order chi connectivity index (χ1) is 9.61. The Morgan fingerprint density at radius 2 is 1.95 bits per heavy atom. The van der Waals surface area contributed by atoms with Gasteiger partial charge in [0.15, 0.2) is 0 Å². The Morgan fingerprint density at radius 3 is 2.60 bits per heavy atom. The van der Waals surface area contributed by atoms with Crippen LogP contribution in [0.1, 0.15) is 39.4 Å². The zero-order valence-electron chi connectivity index (χ0n) is 11.3. The molecule has 0 bridgehead atoms. The van der Waals surface area contributed by atoms with E-state index in [9.17, 15) is 9.59 Å². The van der Waals surface area contributed by atoms with Crippen molar-refractivity contribution >= 4 is 11.9 Å². The highest BCUT2D eigenvalue weighted by molar-refractivity contribution is 5.98. The van der Waals surface area contributed by atoms with Gasteiger partial charge in [-0.1, -0.05) is 6.07 Å². The van der Waals surface area contributed by atoms with E-state index in [4.69, 9.17) is 4.42 Å². The number of furan rings is 1. The molecule has 2 rings (SSSR count). The van der Waals surface area contributed by atoms with Gasteiger partial charge in [0.2, 0.25) is 0 Å². The molecule has 1 amide bonds. The highest BCUT2D eigenvalue weighted by atomic mass is 16.5. The van der Waals surface area contributed by atoms with E-state index in [1.807, 2.05) is 6.92 Å². The molecule has 0 aliphatic heterocycles. The van der Waals surface area contributed by atoms with E-state index in [-0.39, 0.29) is 11.9 Å². The second-order valence-electron chi connectivity index (χ2n) is 4.28. The minimum Gasteiger partial charge on any atom is -0.467 e. The second kappa shape index (κ2) is 6.06. The first-order valence-electron chi connectivity index (χ1n) is 6.14. The molecule has 0 saturated carbocycles. The summed E-state index contributed by atoms with van der Waals surface area (Å²) >= 11 is 0. The average molecular weight is 273 g/mol. The molecule has 20 heavy (non-hydrogen) atoms. The molecule has 0 aliphatic carbocycles. The number of hydrogen-bond donors (Lipinski definition) is 1. The lowest BCUT2D eigenvalue weighted by Crippen LogP contribution is -2.26. The van der Waals surface area contributed by atoms with Gasteiger partial charge in [-0.15, -0.1) is 0 Å². The summed E-state index contributed by atoms with van der Waals surface area (Å²) in [5, 5.41) is 2.80. The van der Waals surface area contributed by atoms with Crippen molar-refractivity contribution in [2.45, 2.75) is 13.0 Å². The fourth-order valence-corrected chi connectivity index (χ4v) is 1.79. The van der Waals surface area contributed by atoms with Crippen LogP contribution in [-0.2, 0) is 4.74 Å². The van der Waals surface area contributed by atoms with Crippen molar-refractivity contribution in [1.29, 1.82) is 0 Å². The van der Waals surface area contributed by atoms with Crippen LogP contribution in [0, 0.1) is 0 Å². The Bertz CT molecular complexity index is 604. The van der Waals surface area contributed by atoms with Gasteiger partial charge < -0.3 is 14.5 Å². The summed E-state index contributed by atoms with van der Waals surface area (Å²) in [6, 6.07) is 9.66. The number of carbonyl (C=O) groups excluding carboxylic acids is 2. The van der Waals surface area contributed by atoms with E-state index < -0.39 is 5.97 Å². The molecule has 1 aromatic carbocycles. The van der Waals surface area contributed by atoms with Gasteiger partial charge in [-0.05, 0) is 37.3 Å². The number of rotatable bonds is 4. The van der Waals surface area contributed by atoms with Crippen LogP contribution in [0.3, 0.4) is 0 Å². The molecule has 0 unspecified atom stereocenters. The molecule has 0 spiro atoms. The molecule has 0 radical (unpaired) electrons. The molecule has 1 heterocycles. The van der Waals surface area contributed by atoms with Gasteiger partial charge in [-0.2, -0.15) is 0 Å². The Hall–Kier alpha value is -2.56. The molecule has 2 aromatic rings. The lowest BCUT2D eigenvalue weighted by atomic mass is 10.1. The van der Waals surface area contributed by atoms with E-state index >= 15 is 0 Å². The van der Waals surface area contributed by atoms with Crippen molar-refractivity contribution < 1.29 is 18.7 Å². The molecular weight excluding hydrogens is 258 g/mol. The van der Waals surface area contributed by atoms with Crippen molar-refractivity contribution in [3.63, 3.8) is 0 Å². The van der Waals surface area contributed by atoms with Gasteiger partial charge in [-0.25, -0.2) is 4.79 Å². The van der Waals surface area contributed by atoms with Crippen LogP contribution in [0.4, 0.5) is 0 Å². The third-order valence-electron chi connectivity index (χ3n) is 2.86. The molecule has 5 heteroatoms. The van der Waals surface area contributed by atoms with Crippen LogP contribution in [0.25, 0.3) is 0 Å². The van der Waals surface area contributed by atoms with E-state index in [1.54, 1.807) is 36.6 Å². The van der Waals surface area contributed by atoms with Gasteiger partial charge in [0.05, 0.1) is 25.0 Å². The standard InChI is InChI=1S/C15H15NO4/c1-10(13-7-4-8-20-13)16-14(17)11-5-3-6-12(9-11)15(18)19-2/h3-10H,1-2H3,(H,16,17)/t10-/m0/s1. The van der Waals surface area contributed by atoms with Crippen LogP contribution in [-0.4, -0.2) is 19.0 Å². The second-order valence-corrected chi connectivity index (χ2v) is 4.28. The number of hydrogen-bond acceptors (Lipinski definition) is 4. The molecule has 1 atom stereocenters. The summed E-state index contributed by atoms with van der Waals surface area (Å²) in [5.74, 6) is -0.0825. The first-order valence-corrected chi connectivity index (χ1v) is 6.14.